The summed E-state index contributed by atoms with van der Waals surface area (Å²) in [6.07, 6.45) is 0.0705. The van der Waals surface area contributed by atoms with Gasteiger partial charge in [0.25, 0.3) is 0 Å². The average Bonchev–Trinajstić information content (AvgIpc) is 2.46. The van der Waals surface area contributed by atoms with Gasteiger partial charge in [-0.2, -0.15) is 0 Å². The minimum absolute atomic E-state index is 0.0170. The molecule has 0 unspecified atom stereocenters. The van der Waals surface area contributed by atoms with Crippen molar-refractivity contribution >= 4 is 22.1 Å². The zero-order valence-electron chi connectivity index (χ0n) is 10.4. The van der Waals surface area contributed by atoms with Crippen LogP contribution in [0.5, 0.6) is 0 Å². The highest BCUT2D eigenvalue weighted by Gasteiger charge is 2.10. The van der Waals surface area contributed by atoms with Gasteiger partial charge in [0.2, 0.25) is 0 Å². The Bertz CT molecular complexity index is 689. The van der Waals surface area contributed by atoms with Crippen molar-refractivity contribution in [1.29, 1.82) is 0 Å². The molecule has 20 heavy (non-hydrogen) atoms. The van der Waals surface area contributed by atoms with Crippen LogP contribution < -0.4 is 0 Å². The van der Waals surface area contributed by atoms with Gasteiger partial charge in [-0.25, -0.2) is 13.4 Å². The van der Waals surface area contributed by atoms with E-state index >= 15 is 0 Å². The van der Waals surface area contributed by atoms with E-state index in [0.29, 0.717) is 16.7 Å². The van der Waals surface area contributed by atoms with Crippen molar-refractivity contribution in [3.63, 3.8) is 0 Å². The van der Waals surface area contributed by atoms with Crippen LogP contribution >= 0.6 is 0 Å². The molecule has 0 aliphatic heterocycles. The monoisotopic (exact) mass is 290 g/mol. The first-order valence-corrected chi connectivity index (χ1v) is 6.58. The van der Waals surface area contributed by atoms with Gasteiger partial charge in [0.05, 0.1) is 0 Å². The van der Waals surface area contributed by atoms with Crippen LogP contribution in [0.1, 0.15) is 5.56 Å². The van der Waals surface area contributed by atoms with Gasteiger partial charge < -0.3 is 5.11 Å². The molecule has 0 atom stereocenters. The molecule has 0 heterocycles. The normalized spacial score (nSPS) is 10.1. The predicted molar refractivity (Wildman–Crippen MR) is 76.3 cm³/mol. The van der Waals surface area contributed by atoms with Gasteiger partial charge in [-0.05, 0) is 17.2 Å². The van der Waals surface area contributed by atoms with Crippen LogP contribution in [-0.4, -0.2) is 20.1 Å². The van der Waals surface area contributed by atoms with Crippen LogP contribution in [0.15, 0.2) is 48.5 Å². The molecule has 3 nitrogen and oxygen atoms in total. The first-order chi connectivity index (χ1) is 9.61. The first-order valence-electron chi connectivity index (χ1n) is 5.84. The van der Waals surface area contributed by atoms with Crippen molar-refractivity contribution in [2.45, 2.75) is 6.42 Å². The molecule has 0 saturated heterocycles. The quantitative estimate of drug-likeness (QED) is 0.880. The molecule has 0 radical (unpaired) electrons. The number of rotatable bonds is 4. The molecule has 0 saturated carbocycles. The Balaban J connectivity index is 2.25. The summed E-state index contributed by atoms with van der Waals surface area (Å²) < 4.78 is 24.3. The minimum Gasteiger partial charge on any atom is -0.477 e. The number of carboxylic acid groups (broad SMARTS) is 1. The summed E-state index contributed by atoms with van der Waals surface area (Å²) in [5.41, 5.74) is 1.89. The summed E-state index contributed by atoms with van der Waals surface area (Å²) in [5.74, 6) is -1.52. The molecule has 1 N–H and O–H groups in total. The molecule has 0 bridgehead atoms. The van der Waals surface area contributed by atoms with Crippen LogP contribution in [-0.2, 0) is 22.5 Å². The molecule has 0 fully saturated rings. The molecule has 2 aromatic carbocycles. The Hall–Kier alpha value is -2.27. The first kappa shape index (κ1) is 14.1. The second-order valence-electron chi connectivity index (χ2n) is 4.17. The summed E-state index contributed by atoms with van der Waals surface area (Å²) in [7, 11) is 0. The Morgan fingerprint density at radius 2 is 1.75 bits per heavy atom. The highest BCUT2D eigenvalue weighted by molar-refractivity contribution is 7.68. The fraction of sp³-hybridized carbons (Fsp3) is 0.0667. The van der Waals surface area contributed by atoms with E-state index in [1.165, 1.54) is 6.07 Å². The topological polar surface area (TPSA) is 54.4 Å². The maximum atomic E-state index is 13.6. The number of aliphatic carboxylic acids is 1. The number of benzene rings is 2. The maximum absolute atomic E-state index is 13.6. The van der Waals surface area contributed by atoms with Crippen LogP contribution in [0.25, 0.3) is 11.1 Å². The highest BCUT2D eigenvalue weighted by Crippen LogP contribution is 2.22. The van der Waals surface area contributed by atoms with Gasteiger partial charge in [-0.3, -0.25) is 0 Å². The molecular formula is C15H11FO3S. The Morgan fingerprint density at radius 1 is 1.10 bits per heavy atom. The molecule has 2 rings (SSSR count). The second-order valence-corrected chi connectivity index (χ2v) is 4.82. The molecule has 0 aliphatic rings. The molecule has 0 spiro atoms. The number of carboxylic acids is 1. The summed E-state index contributed by atoms with van der Waals surface area (Å²) in [5, 5.41) is 8.80. The van der Waals surface area contributed by atoms with Crippen molar-refractivity contribution in [3.8, 4) is 11.1 Å². The van der Waals surface area contributed by atoms with Gasteiger partial charge in [-0.1, -0.05) is 42.5 Å². The molecule has 5 heteroatoms. The largest absolute Gasteiger partial charge is 0.477 e. The Labute approximate surface area is 118 Å². The van der Waals surface area contributed by atoms with E-state index in [4.69, 9.17) is 5.11 Å². The molecule has 2 aromatic rings. The van der Waals surface area contributed by atoms with E-state index < -0.39 is 5.97 Å². The third-order valence-electron chi connectivity index (χ3n) is 2.84. The van der Waals surface area contributed by atoms with Crippen molar-refractivity contribution in [2.24, 2.45) is 0 Å². The van der Waals surface area contributed by atoms with E-state index in [1.54, 1.807) is 42.5 Å². The second kappa shape index (κ2) is 6.25. The minimum atomic E-state index is -1.21. The third kappa shape index (κ3) is 3.19. The van der Waals surface area contributed by atoms with Crippen molar-refractivity contribution < 1.29 is 18.5 Å². The van der Waals surface area contributed by atoms with Gasteiger partial charge >= 0.3 is 5.97 Å². The smallest absolute Gasteiger partial charge is 0.345 e. The van der Waals surface area contributed by atoms with Gasteiger partial charge in [0.15, 0.2) is 0 Å². The van der Waals surface area contributed by atoms with E-state index in [1.807, 2.05) is 0 Å². The predicted octanol–water partition coefficient (Wildman–Crippen LogP) is 2.51. The van der Waals surface area contributed by atoms with Crippen LogP contribution in [0.3, 0.4) is 0 Å². The average molecular weight is 290 g/mol. The summed E-state index contributed by atoms with van der Waals surface area (Å²) in [6.45, 7) is 0. The van der Waals surface area contributed by atoms with E-state index in [2.05, 4.69) is 0 Å². The molecule has 0 aromatic heterocycles. The van der Waals surface area contributed by atoms with Crippen LogP contribution in [0.2, 0.25) is 0 Å². The molecule has 102 valence electrons. The van der Waals surface area contributed by atoms with Crippen molar-refractivity contribution in [1.82, 2.24) is 0 Å². The molecular weight excluding hydrogens is 279 g/mol. The SMILES string of the molecule is O=S=C(Cc1ccc(-c2ccccc2F)cc1)C(=O)O. The molecule has 0 aliphatic carbocycles. The standard InChI is InChI=1S/C15H11FO3S/c16-13-4-2-1-3-12(13)11-7-5-10(6-8-11)9-14(20-19)15(17)18/h1-8H,9H2,(H,17,18). The number of hydrogen-bond acceptors (Lipinski definition) is 2. The lowest BCUT2D eigenvalue weighted by Crippen LogP contribution is -2.15. The summed E-state index contributed by atoms with van der Waals surface area (Å²) in [6, 6.07) is 13.2. The zero-order chi connectivity index (χ0) is 14.5. The fourth-order valence-corrected chi connectivity index (χ4v) is 2.12. The van der Waals surface area contributed by atoms with Gasteiger partial charge in [-0.15, -0.1) is 0 Å². The van der Waals surface area contributed by atoms with Gasteiger partial charge in [0.1, 0.15) is 21.9 Å². The van der Waals surface area contributed by atoms with Crippen LogP contribution in [0, 0.1) is 5.82 Å². The lowest BCUT2D eigenvalue weighted by Gasteiger charge is -2.05. The Morgan fingerprint density at radius 3 is 2.30 bits per heavy atom. The van der Waals surface area contributed by atoms with Crippen molar-refractivity contribution in [3.05, 3.63) is 59.9 Å². The lowest BCUT2D eigenvalue weighted by molar-refractivity contribution is -0.129. The summed E-state index contributed by atoms with van der Waals surface area (Å²) >= 11 is -0.0170. The number of halogens is 1. The van der Waals surface area contributed by atoms with Crippen LogP contribution in [0.4, 0.5) is 4.39 Å². The van der Waals surface area contributed by atoms with Crippen molar-refractivity contribution in [2.75, 3.05) is 0 Å². The van der Waals surface area contributed by atoms with E-state index in [-0.39, 0.29) is 28.4 Å². The lowest BCUT2D eigenvalue weighted by atomic mass is 10.0. The third-order valence-corrected chi connectivity index (χ3v) is 3.36. The number of hydrogen-bond donors (Lipinski definition) is 1. The molecule has 0 amide bonds. The summed E-state index contributed by atoms with van der Waals surface area (Å²) in [4.78, 5) is 10.6. The van der Waals surface area contributed by atoms with E-state index in [0.717, 1.165) is 0 Å². The van der Waals surface area contributed by atoms with E-state index in [9.17, 15) is 13.4 Å². The fourth-order valence-electron chi connectivity index (χ4n) is 1.82. The highest BCUT2D eigenvalue weighted by atomic mass is 32.1. The maximum Gasteiger partial charge on any atom is 0.345 e. The number of carbonyl (C=O) groups is 1. The Kier molecular flexibility index (Phi) is 4.42. The van der Waals surface area contributed by atoms with Gasteiger partial charge in [0, 0.05) is 12.0 Å². The zero-order valence-corrected chi connectivity index (χ0v) is 11.2.